The van der Waals surface area contributed by atoms with Gasteiger partial charge in [0.25, 0.3) is 0 Å². The van der Waals surface area contributed by atoms with E-state index in [-0.39, 0.29) is 22.6 Å². The lowest BCUT2D eigenvalue weighted by Gasteiger charge is -2.05. The van der Waals surface area contributed by atoms with Crippen LogP contribution in [0.1, 0.15) is 24.8 Å². The lowest BCUT2D eigenvalue weighted by atomic mass is 10.3. The molecule has 0 saturated carbocycles. The third-order valence-corrected chi connectivity index (χ3v) is 3.40. The Morgan fingerprint density at radius 1 is 1.37 bits per heavy atom. The van der Waals surface area contributed by atoms with E-state index in [0.717, 1.165) is 11.3 Å². The van der Waals surface area contributed by atoms with Crippen LogP contribution in [0.2, 0.25) is 0 Å². The minimum absolute atomic E-state index is 0.0872. The van der Waals surface area contributed by atoms with Crippen molar-refractivity contribution >= 4 is 23.2 Å². The summed E-state index contributed by atoms with van der Waals surface area (Å²) in [6.45, 7) is 3.63. The van der Waals surface area contributed by atoms with E-state index in [1.165, 1.54) is 35.0 Å². The molecule has 0 aliphatic heterocycles. The summed E-state index contributed by atoms with van der Waals surface area (Å²) >= 11 is 0.926. The molecule has 0 atom stereocenters. The molecule has 0 aliphatic carbocycles. The van der Waals surface area contributed by atoms with E-state index in [0.29, 0.717) is 10.6 Å². The van der Waals surface area contributed by atoms with Gasteiger partial charge in [0.1, 0.15) is 10.7 Å². The van der Waals surface area contributed by atoms with Crippen molar-refractivity contribution < 1.29 is 9.50 Å². The monoisotopic (exact) mass is 280 g/mol. The minimum atomic E-state index is -0.336. The summed E-state index contributed by atoms with van der Waals surface area (Å²) in [6.07, 6.45) is 1.41. The molecule has 100 valence electrons. The van der Waals surface area contributed by atoms with Crippen LogP contribution in [0.4, 0.5) is 10.1 Å². The first-order chi connectivity index (χ1) is 8.99. The lowest BCUT2D eigenvalue weighted by molar-refractivity contribution is 0.395. The van der Waals surface area contributed by atoms with E-state index >= 15 is 0 Å². The number of rotatable bonds is 3. The number of aromatic nitrogens is 1. The average molecular weight is 280 g/mol. The summed E-state index contributed by atoms with van der Waals surface area (Å²) in [5.74, 6) is -0.423. The van der Waals surface area contributed by atoms with Gasteiger partial charge in [0, 0.05) is 6.04 Å². The SMILES string of the molecule is CC(C)n1c(O)c(C=Nc2ccc(F)cc2)sc1=O. The molecular formula is C13H13FN2O2S. The molecule has 1 heterocycles. The molecule has 4 nitrogen and oxygen atoms in total. The first-order valence-corrected chi connectivity index (χ1v) is 6.54. The standard InChI is InChI=1S/C13H13FN2O2S/c1-8(2)16-12(17)11(19-13(16)18)7-15-10-5-3-9(14)4-6-10/h3-8,17H,1-2H3. The van der Waals surface area contributed by atoms with Crippen molar-refractivity contribution in [3.63, 3.8) is 0 Å². The number of aliphatic imine (C=N–C) groups is 1. The highest BCUT2D eigenvalue weighted by atomic mass is 32.1. The lowest BCUT2D eigenvalue weighted by Crippen LogP contribution is -2.14. The first kappa shape index (κ1) is 13.5. The summed E-state index contributed by atoms with van der Waals surface area (Å²) < 4.78 is 14.0. The molecule has 2 aromatic rings. The van der Waals surface area contributed by atoms with Crippen molar-refractivity contribution in [1.82, 2.24) is 4.57 Å². The van der Waals surface area contributed by atoms with Crippen LogP contribution in [0.25, 0.3) is 0 Å². The molecule has 0 aliphatic rings. The van der Waals surface area contributed by atoms with Gasteiger partial charge in [-0.25, -0.2) is 4.39 Å². The maximum atomic E-state index is 12.7. The third-order valence-electron chi connectivity index (χ3n) is 2.52. The van der Waals surface area contributed by atoms with E-state index in [9.17, 15) is 14.3 Å². The Morgan fingerprint density at radius 3 is 2.53 bits per heavy atom. The normalized spacial score (nSPS) is 11.6. The molecule has 19 heavy (non-hydrogen) atoms. The van der Waals surface area contributed by atoms with Gasteiger partial charge in [-0.3, -0.25) is 14.4 Å². The zero-order chi connectivity index (χ0) is 14.0. The Hall–Kier alpha value is -1.95. The van der Waals surface area contributed by atoms with Gasteiger partial charge in [-0.1, -0.05) is 11.3 Å². The molecule has 1 N–H and O–H groups in total. The second-order valence-electron chi connectivity index (χ2n) is 4.25. The van der Waals surface area contributed by atoms with Crippen molar-refractivity contribution in [3.8, 4) is 5.88 Å². The fourth-order valence-corrected chi connectivity index (χ4v) is 2.47. The largest absolute Gasteiger partial charge is 0.493 e. The molecule has 0 bridgehead atoms. The van der Waals surface area contributed by atoms with Crippen LogP contribution in [-0.4, -0.2) is 15.9 Å². The van der Waals surface area contributed by atoms with Crippen molar-refractivity contribution in [2.75, 3.05) is 0 Å². The number of hydrogen-bond acceptors (Lipinski definition) is 4. The topological polar surface area (TPSA) is 54.6 Å². The summed E-state index contributed by atoms with van der Waals surface area (Å²) in [4.78, 5) is 15.9. The number of aromatic hydroxyl groups is 1. The second-order valence-corrected chi connectivity index (χ2v) is 5.25. The number of halogens is 1. The zero-order valence-electron chi connectivity index (χ0n) is 10.5. The Labute approximate surface area is 113 Å². The van der Waals surface area contributed by atoms with E-state index in [1.807, 2.05) is 13.8 Å². The van der Waals surface area contributed by atoms with Crippen LogP contribution in [0, 0.1) is 5.82 Å². The highest BCUT2D eigenvalue weighted by Gasteiger charge is 2.14. The summed E-state index contributed by atoms with van der Waals surface area (Å²) in [5, 5.41) is 9.92. The fourth-order valence-electron chi connectivity index (χ4n) is 1.59. The van der Waals surface area contributed by atoms with Gasteiger partial charge >= 0.3 is 4.87 Å². The molecule has 0 fully saturated rings. The van der Waals surface area contributed by atoms with Gasteiger partial charge in [-0.15, -0.1) is 0 Å². The molecule has 0 spiro atoms. The maximum absolute atomic E-state index is 12.7. The van der Waals surface area contributed by atoms with Crippen LogP contribution >= 0.6 is 11.3 Å². The van der Waals surface area contributed by atoms with E-state index in [1.54, 1.807) is 0 Å². The van der Waals surface area contributed by atoms with Gasteiger partial charge in [-0.2, -0.15) is 0 Å². The average Bonchev–Trinajstić information content (AvgIpc) is 2.63. The smallest absolute Gasteiger partial charge is 0.310 e. The predicted octanol–water partition coefficient (Wildman–Crippen LogP) is 3.09. The van der Waals surface area contributed by atoms with Crippen LogP contribution in [0.15, 0.2) is 34.1 Å². The zero-order valence-corrected chi connectivity index (χ0v) is 11.3. The van der Waals surface area contributed by atoms with Gasteiger partial charge in [0.2, 0.25) is 5.88 Å². The second kappa shape index (κ2) is 5.36. The van der Waals surface area contributed by atoms with Gasteiger partial charge in [-0.05, 0) is 38.1 Å². The summed E-state index contributed by atoms with van der Waals surface area (Å²) in [5.41, 5.74) is 0.553. The Bertz CT molecular complexity index is 656. The Kier molecular flexibility index (Phi) is 3.80. The molecule has 0 radical (unpaired) electrons. The van der Waals surface area contributed by atoms with Crippen LogP contribution in [-0.2, 0) is 0 Å². The van der Waals surface area contributed by atoms with Crippen molar-refractivity contribution in [3.05, 3.63) is 44.6 Å². The van der Waals surface area contributed by atoms with Crippen LogP contribution < -0.4 is 4.87 Å². The highest BCUT2D eigenvalue weighted by molar-refractivity contribution is 7.11. The Balaban J connectivity index is 2.31. The third kappa shape index (κ3) is 2.90. The number of benzene rings is 1. The molecule has 0 unspecified atom stereocenters. The van der Waals surface area contributed by atoms with Gasteiger partial charge in [0.15, 0.2) is 0 Å². The molecule has 1 aromatic heterocycles. The fraction of sp³-hybridized carbons (Fsp3) is 0.231. The van der Waals surface area contributed by atoms with E-state index in [2.05, 4.69) is 4.99 Å². The van der Waals surface area contributed by atoms with Crippen molar-refractivity contribution in [2.45, 2.75) is 19.9 Å². The molecule has 6 heteroatoms. The van der Waals surface area contributed by atoms with Crippen molar-refractivity contribution in [1.29, 1.82) is 0 Å². The van der Waals surface area contributed by atoms with Crippen molar-refractivity contribution in [2.24, 2.45) is 4.99 Å². The molecular weight excluding hydrogens is 267 g/mol. The first-order valence-electron chi connectivity index (χ1n) is 5.73. The molecule has 0 saturated heterocycles. The van der Waals surface area contributed by atoms with E-state index in [4.69, 9.17) is 0 Å². The van der Waals surface area contributed by atoms with Crippen LogP contribution in [0.3, 0.4) is 0 Å². The van der Waals surface area contributed by atoms with Gasteiger partial charge in [0.05, 0.1) is 11.9 Å². The molecule has 0 amide bonds. The van der Waals surface area contributed by atoms with E-state index < -0.39 is 0 Å². The minimum Gasteiger partial charge on any atom is -0.493 e. The highest BCUT2D eigenvalue weighted by Crippen LogP contribution is 2.22. The summed E-state index contributed by atoms with van der Waals surface area (Å²) in [7, 11) is 0. The number of nitrogens with zero attached hydrogens (tertiary/aromatic N) is 2. The van der Waals surface area contributed by atoms with Crippen LogP contribution in [0.5, 0.6) is 5.88 Å². The Morgan fingerprint density at radius 2 is 2.00 bits per heavy atom. The van der Waals surface area contributed by atoms with Gasteiger partial charge < -0.3 is 5.11 Å². The number of thiazole rings is 1. The summed E-state index contributed by atoms with van der Waals surface area (Å²) in [6, 6.07) is 5.52. The number of hydrogen-bond donors (Lipinski definition) is 1. The quantitative estimate of drug-likeness (QED) is 0.878. The molecule has 2 rings (SSSR count). The predicted molar refractivity (Wildman–Crippen MR) is 74.3 cm³/mol. The molecule has 1 aromatic carbocycles. The maximum Gasteiger partial charge on any atom is 0.310 e.